The molecule has 2 aromatic heterocycles. The van der Waals surface area contributed by atoms with Gasteiger partial charge in [0.25, 0.3) is 0 Å². The summed E-state index contributed by atoms with van der Waals surface area (Å²) in [5.41, 5.74) is 0. The summed E-state index contributed by atoms with van der Waals surface area (Å²) in [6.07, 6.45) is 1.96. The first-order valence-corrected chi connectivity index (χ1v) is 6.26. The Morgan fingerprint density at radius 2 is 2.19 bits per heavy atom. The molecule has 1 fully saturated rings. The zero-order chi connectivity index (χ0) is 10.8. The van der Waals surface area contributed by atoms with Gasteiger partial charge >= 0.3 is 0 Å². The van der Waals surface area contributed by atoms with E-state index in [1.165, 1.54) is 0 Å². The van der Waals surface area contributed by atoms with Gasteiger partial charge in [0.05, 0.1) is 4.88 Å². The second kappa shape index (κ2) is 4.35. The highest BCUT2D eigenvalue weighted by Crippen LogP contribution is 2.28. The Morgan fingerprint density at radius 3 is 2.94 bits per heavy atom. The van der Waals surface area contributed by atoms with Crippen LogP contribution in [-0.4, -0.2) is 23.4 Å². The maximum absolute atomic E-state index is 5.32. The number of hydrogen-bond donors (Lipinski definition) is 0. The van der Waals surface area contributed by atoms with Gasteiger partial charge in [-0.2, -0.15) is 4.98 Å². The summed E-state index contributed by atoms with van der Waals surface area (Å²) >= 11 is 1.63. The molecule has 1 aliphatic heterocycles. The van der Waals surface area contributed by atoms with Crippen LogP contribution in [0.15, 0.2) is 22.0 Å². The van der Waals surface area contributed by atoms with Crippen LogP contribution < -0.4 is 0 Å². The Labute approximate surface area is 97.2 Å². The molecule has 4 nitrogen and oxygen atoms in total. The minimum absolute atomic E-state index is 0.370. The van der Waals surface area contributed by atoms with E-state index in [2.05, 4.69) is 10.1 Å². The lowest BCUT2D eigenvalue weighted by molar-refractivity contribution is 0.0778. The maximum Gasteiger partial charge on any atom is 0.230 e. The van der Waals surface area contributed by atoms with Crippen molar-refractivity contribution < 1.29 is 9.26 Å². The number of thiophene rings is 1. The molecule has 84 valence electrons. The average Bonchev–Trinajstić information content (AvgIpc) is 3.01. The van der Waals surface area contributed by atoms with Gasteiger partial charge in [-0.15, -0.1) is 11.3 Å². The number of aromatic nitrogens is 2. The van der Waals surface area contributed by atoms with Gasteiger partial charge in [0.1, 0.15) is 0 Å². The van der Waals surface area contributed by atoms with Crippen molar-refractivity contribution in [1.82, 2.24) is 10.1 Å². The van der Waals surface area contributed by atoms with E-state index >= 15 is 0 Å². The van der Waals surface area contributed by atoms with Gasteiger partial charge in [0.15, 0.2) is 0 Å². The van der Waals surface area contributed by atoms with Crippen molar-refractivity contribution in [2.24, 2.45) is 0 Å². The average molecular weight is 236 g/mol. The zero-order valence-electron chi connectivity index (χ0n) is 8.76. The highest BCUT2D eigenvalue weighted by Gasteiger charge is 2.22. The van der Waals surface area contributed by atoms with E-state index < -0.39 is 0 Å². The number of hydrogen-bond acceptors (Lipinski definition) is 5. The molecule has 16 heavy (non-hydrogen) atoms. The quantitative estimate of drug-likeness (QED) is 0.804. The summed E-state index contributed by atoms with van der Waals surface area (Å²) in [7, 11) is 0. The molecular formula is C11H12N2O2S. The van der Waals surface area contributed by atoms with Crippen LogP contribution in [0.25, 0.3) is 10.7 Å². The molecule has 0 amide bonds. The normalized spacial score (nSPS) is 17.8. The molecule has 0 spiro atoms. The molecule has 3 rings (SSSR count). The fraction of sp³-hybridized carbons (Fsp3) is 0.455. The van der Waals surface area contributed by atoms with E-state index in [-0.39, 0.29) is 0 Å². The lowest BCUT2D eigenvalue weighted by Gasteiger charge is -2.17. The molecule has 5 heteroatoms. The lowest BCUT2D eigenvalue weighted by atomic mass is 10.0. The van der Waals surface area contributed by atoms with Gasteiger partial charge in [-0.1, -0.05) is 11.2 Å². The van der Waals surface area contributed by atoms with Gasteiger partial charge in [-0.25, -0.2) is 0 Å². The molecule has 1 aliphatic rings. The van der Waals surface area contributed by atoms with E-state index in [4.69, 9.17) is 9.26 Å². The van der Waals surface area contributed by atoms with Crippen LogP contribution in [0.2, 0.25) is 0 Å². The van der Waals surface area contributed by atoms with Gasteiger partial charge in [0.2, 0.25) is 11.7 Å². The Balaban J connectivity index is 1.82. The molecule has 2 aromatic rings. The third kappa shape index (κ3) is 1.88. The predicted molar refractivity (Wildman–Crippen MR) is 60.4 cm³/mol. The zero-order valence-corrected chi connectivity index (χ0v) is 9.57. The Morgan fingerprint density at radius 1 is 1.31 bits per heavy atom. The molecule has 0 N–H and O–H groups in total. The van der Waals surface area contributed by atoms with Crippen LogP contribution in [-0.2, 0) is 4.74 Å². The summed E-state index contributed by atoms with van der Waals surface area (Å²) < 4.78 is 10.6. The number of nitrogens with zero attached hydrogens (tertiary/aromatic N) is 2. The molecule has 0 aromatic carbocycles. The largest absolute Gasteiger partial charge is 0.381 e. The van der Waals surface area contributed by atoms with Gasteiger partial charge in [0, 0.05) is 19.1 Å². The topological polar surface area (TPSA) is 48.2 Å². The highest BCUT2D eigenvalue weighted by molar-refractivity contribution is 7.13. The second-order valence-electron chi connectivity index (χ2n) is 3.82. The van der Waals surface area contributed by atoms with Crippen molar-refractivity contribution in [2.45, 2.75) is 18.8 Å². The summed E-state index contributed by atoms with van der Waals surface area (Å²) in [4.78, 5) is 5.51. The molecule has 0 saturated carbocycles. The smallest absolute Gasteiger partial charge is 0.230 e. The number of ether oxygens (including phenoxy) is 1. The van der Waals surface area contributed by atoms with E-state index in [0.717, 1.165) is 36.8 Å². The third-order valence-electron chi connectivity index (χ3n) is 2.75. The SMILES string of the molecule is c1csc(-c2noc(C3CCOCC3)n2)c1. The summed E-state index contributed by atoms with van der Waals surface area (Å²) in [6, 6.07) is 3.99. The van der Waals surface area contributed by atoms with Crippen LogP contribution in [0, 0.1) is 0 Å². The molecule has 0 unspecified atom stereocenters. The Bertz CT molecular complexity index is 446. The number of rotatable bonds is 2. The van der Waals surface area contributed by atoms with Crippen LogP contribution in [0.4, 0.5) is 0 Å². The van der Waals surface area contributed by atoms with Crippen molar-refractivity contribution in [3.63, 3.8) is 0 Å². The maximum atomic E-state index is 5.32. The molecule has 1 saturated heterocycles. The first kappa shape index (κ1) is 9.99. The van der Waals surface area contributed by atoms with Gasteiger partial charge in [-0.05, 0) is 24.3 Å². The standard InChI is InChI=1S/C11H12N2O2S/c1-2-9(16-7-1)10-12-11(15-13-10)8-3-5-14-6-4-8/h1-2,7-8H,3-6H2. The van der Waals surface area contributed by atoms with Gasteiger partial charge in [-0.3, -0.25) is 0 Å². The molecule has 0 radical (unpaired) electrons. The van der Waals surface area contributed by atoms with Crippen molar-refractivity contribution in [3.8, 4) is 10.7 Å². The summed E-state index contributed by atoms with van der Waals surface area (Å²) in [5.74, 6) is 1.83. The fourth-order valence-corrected chi connectivity index (χ4v) is 2.50. The van der Waals surface area contributed by atoms with E-state index in [1.807, 2.05) is 17.5 Å². The minimum atomic E-state index is 0.370. The van der Waals surface area contributed by atoms with Crippen molar-refractivity contribution >= 4 is 11.3 Å². The van der Waals surface area contributed by atoms with E-state index in [1.54, 1.807) is 11.3 Å². The summed E-state index contributed by atoms with van der Waals surface area (Å²) in [5, 5.41) is 6.03. The van der Waals surface area contributed by atoms with Crippen molar-refractivity contribution in [1.29, 1.82) is 0 Å². The molecule has 0 aliphatic carbocycles. The lowest BCUT2D eigenvalue weighted by Crippen LogP contribution is -2.14. The Kier molecular flexibility index (Phi) is 2.71. The molecular weight excluding hydrogens is 224 g/mol. The van der Waals surface area contributed by atoms with Gasteiger partial charge < -0.3 is 9.26 Å². The van der Waals surface area contributed by atoms with Crippen LogP contribution >= 0.6 is 11.3 Å². The van der Waals surface area contributed by atoms with E-state index in [9.17, 15) is 0 Å². The molecule has 3 heterocycles. The van der Waals surface area contributed by atoms with Crippen molar-refractivity contribution in [2.75, 3.05) is 13.2 Å². The van der Waals surface area contributed by atoms with Crippen LogP contribution in [0.5, 0.6) is 0 Å². The molecule has 0 bridgehead atoms. The monoisotopic (exact) mass is 236 g/mol. The predicted octanol–water partition coefficient (Wildman–Crippen LogP) is 2.69. The van der Waals surface area contributed by atoms with E-state index in [0.29, 0.717) is 11.7 Å². The van der Waals surface area contributed by atoms with Crippen LogP contribution in [0.3, 0.4) is 0 Å². The first-order chi connectivity index (χ1) is 7.93. The third-order valence-corrected chi connectivity index (χ3v) is 3.62. The minimum Gasteiger partial charge on any atom is -0.381 e. The second-order valence-corrected chi connectivity index (χ2v) is 4.77. The Hall–Kier alpha value is -1.20. The summed E-state index contributed by atoms with van der Waals surface area (Å²) in [6.45, 7) is 1.59. The highest BCUT2D eigenvalue weighted by atomic mass is 32.1. The van der Waals surface area contributed by atoms with Crippen LogP contribution in [0.1, 0.15) is 24.7 Å². The first-order valence-electron chi connectivity index (χ1n) is 5.39. The molecule has 0 atom stereocenters. The fourth-order valence-electron chi connectivity index (χ4n) is 1.85. The van der Waals surface area contributed by atoms with Crippen molar-refractivity contribution in [3.05, 3.63) is 23.4 Å².